The van der Waals surface area contributed by atoms with Gasteiger partial charge in [-0.15, -0.1) is 0 Å². The molecular formula is C25H31NO5. The summed E-state index contributed by atoms with van der Waals surface area (Å²) in [6.07, 6.45) is 4.11. The van der Waals surface area contributed by atoms with Gasteiger partial charge in [0.2, 0.25) is 0 Å². The van der Waals surface area contributed by atoms with Crippen molar-refractivity contribution in [1.29, 1.82) is 0 Å². The quantitative estimate of drug-likeness (QED) is 0.384. The minimum Gasteiger partial charge on any atom is -0.484 e. The van der Waals surface area contributed by atoms with Crippen LogP contribution in [0.15, 0.2) is 54.6 Å². The van der Waals surface area contributed by atoms with Crippen molar-refractivity contribution in [3.05, 3.63) is 65.7 Å². The zero-order valence-corrected chi connectivity index (χ0v) is 18.0. The molecule has 1 heterocycles. The summed E-state index contributed by atoms with van der Waals surface area (Å²) in [5.41, 5.74) is 2.01. The number of aliphatic carboxylic acids is 1. The van der Waals surface area contributed by atoms with Crippen LogP contribution in [0, 0.1) is 0 Å². The van der Waals surface area contributed by atoms with Crippen LogP contribution < -0.4 is 4.74 Å². The fourth-order valence-electron chi connectivity index (χ4n) is 3.54. The third kappa shape index (κ3) is 7.10. The van der Waals surface area contributed by atoms with Gasteiger partial charge < -0.3 is 19.5 Å². The Bertz CT molecular complexity index is 837. The summed E-state index contributed by atoms with van der Waals surface area (Å²) < 4.78 is 10.9. The Morgan fingerprint density at radius 1 is 1.00 bits per heavy atom. The molecule has 1 aliphatic rings. The van der Waals surface area contributed by atoms with Crippen molar-refractivity contribution in [2.45, 2.75) is 51.2 Å². The first kappa shape index (κ1) is 22.8. The normalized spacial score (nSPS) is 17.2. The van der Waals surface area contributed by atoms with Gasteiger partial charge in [-0.1, -0.05) is 68.7 Å². The van der Waals surface area contributed by atoms with Crippen LogP contribution >= 0.6 is 0 Å². The lowest BCUT2D eigenvalue weighted by Gasteiger charge is -2.23. The van der Waals surface area contributed by atoms with Gasteiger partial charge in [0.25, 0.3) is 5.91 Å². The fraction of sp³-hybridized carbons (Fsp3) is 0.440. The van der Waals surface area contributed by atoms with E-state index < -0.39 is 18.2 Å². The van der Waals surface area contributed by atoms with E-state index in [-0.39, 0.29) is 12.5 Å². The van der Waals surface area contributed by atoms with Crippen LogP contribution in [0.2, 0.25) is 0 Å². The Morgan fingerprint density at radius 2 is 1.74 bits per heavy atom. The van der Waals surface area contributed by atoms with Crippen LogP contribution in [0.25, 0.3) is 0 Å². The fourth-order valence-corrected chi connectivity index (χ4v) is 3.54. The van der Waals surface area contributed by atoms with Crippen LogP contribution in [0.3, 0.4) is 0 Å². The summed E-state index contributed by atoms with van der Waals surface area (Å²) in [5, 5.41) is 8.95. The Hall–Kier alpha value is -2.86. The van der Waals surface area contributed by atoms with E-state index >= 15 is 0 Å². The van der Waals surface area contributed by atoms with Crippen molar-refractivity contribution in [1.82, 2.24) is 4.90 Å². The summed E-state index contributed by atoms with van der Waals surface area (Å²) in [6, 6.07) is 17.2. The molecule has 2 aromatic carbocycles. The molecule has 0 saturated carbocycles. The number of benzene rings is 2. The van der Waals surface area contributed by atoms with E-state index in [0.717, 1.165) is 37.8 Å². The van der Waals surface area contributed by atoms with Crippen molar-refractivity contribution >= 4 is 11.9 Å². The first-order chi connectivity index (χ1) is 15.1. The number of unbranched alkanes of at least 4 members (excludes halogenated alkanes) is 3. The highest BCUT2D eigenvalue weighted by Gasteiger charge is 2.46. The number of carbonyl (C=O) groups excluding carboxylic acids is 1. The Kier molecular flexibility index (Phi) is 8.47. The Balaban J connectivity index is 1.50. The van der Waals surface area contributed by atoms with E-state index in [0.29, 0.717) is 12.3 Å². The van der Waals surface area contributed by atoms with Gasteiger partial charge in [-0.2, -0.15) is 0 Å². The summed E-state index contributed by atoms with van der Waals surface area (Å²) >= 11 is 0. The maximum Gasteiger partial charge on any atom is 0.335 e. The largest absolute Gasteiger partial charge is 0.484 e. The molecule has 6 nitrogen and oxygen atoms in total. The monoisotopic (exact) mass is 425 g/mol. The van der Waals surface area contributed by atoms with Crippen molar-refractivity contribution in [2.75, 3.05) is 19.7 Å². The van der Waals surface area contributed by atoms with Gasteiger partial charge in [0.15, 0.2) is 12.7 Å². The number of epoxide rings is 1. The topological polar surface area (TPSA) is 79.4 Å². The van der Waals surface area contributed by atoms with Crippen molar-refractivity contribution in [3.8, 4) is 5.75 Å². The minimum absolute atomic E-state index is 0.0143. The molecule has 1 aliphatic heterocycles. The second kappa shape index (κ2) is 11.5. The second-order valence-corrected chi connectivity index (χ2v) is 7.85. The van der Waals surface area contributed by atoms with Crippen LogP contribution in [0.1, 0.15) is 49.8 Å². The molecule has 31 heavy (non-hydrogen) atoms. The molecule has 0 bridgehead atoms. The maximum absolute atomic E-state index is 12.8. The average molecular weight is 426 g/mol. The van der Waals surface area contributed by atoms with Gasteiger partial charge in [-0.3, -0.25) is 4.79 Å². The van der Waals surface area contributed by atoms with Gasteiger partial charge >= 0.3 is 5.97 Å². The van der Waals surface area contributed by atoms with Crippen LogP contribution in [0.4, 0.5) is 0 Å². The Morgan fingerprint density at radius 3 is 2.39 bits per heavy atom. The molecule has 0 aliphatic carbocycles. The number of carboxylic acids is 1. The summed E-state index contributed by atoms with van der Waals surface area (Å²) in [7, 11) is 0. The number of carboxylic acid groups (broad SMARTS) is 1. The lowest BCUT2D eigenvalue weighted by Crippen LogP contribution is -2.37. The number of carbonyl (C=O) groups is 2. The lowest BCUT2D eigenvalue weighted by atomic mass is 10.1. The number of hydrogen-bond acceptors (Lipinski definition) is 4. The van der Waals surface area contributed by atoms with Gasteiger partial charge in [0.1, 0.15) is 11.9 Å². The zero-order chi connectivity index (χ0) is 22.1. The second-order valence-electron chi connectivity index (χ2n) is 7.85. The Labute approximate surface area is 183 Å². The average Bonchev–Trinajstić information content (AvgIpc) is 3.59. The van der Waals surface area contributed by atoms with E-state index in [1.54, 1.807) is 24.3 Å². The zero-order valence-electron chi connectivity index (χ0n) is 18.0. The van der Waals surface area contributed by atoms with Gasteiger partial charge in [-0.05, 0) is 36.1 Å². The molecule has 2 atom stereocenters. The first-order valence-corrected chi connectivity index (χ1v) is 11.0. The molecule has 2 aromatic rings. The SMILES string of the molecule is CCCCCCN(CCc1ccccc1)C(=O)COc1ccc(C2OC2C(=O)O)cc1. The van der Waals surface area contributed by atoms with Gasteiger partial charge in [0.05, 0.1) is 0 Å². The number of rotatable bonds is 13. The number of ether oxygens (including phenoxy) is 2. The molecule has 6 heteroatoms. The summed E-state index contributed by atoms with van der Waals surface area (Å²) in [4.78, 5) is 25.6. The van der Waals surface area contributed by atoms with E-state index in [9.17, 15) is 9.59 Å². The lowest BCUT2D eigenvalue weighted by molar-refractivity contribution is -0.138. The molecular weight excluding hydrogens is 394 g/mol. The van der Waals surface area contributed by atoms with E-state index in [2.05, 4.69) is 19.1 Å². The van der Waals surface area contributed by atoms with E-state index in [1.165, 1.54) is 12.0 Å². The van der Waals surface area contributed by atoms with Gasteiger partial charge in [0, 0.05) is 13.1 Å². The minimum atomic E-state index is -0.953. The highest BCUT2D eigenvalue weighted by atomic mass is 16.6. The molecule has 0 radical (unpaired) electrons. The van der Waals surface area contributed by atoms with Gasteiger partial charge in [-0.25, -0.2) is 4.79 Å². The molecule has 1 fully saturated rings. The van der Waals surface area contributed by atoms with Crippen molar-refractivity contribution in [2.24, 2.45) is 0 Å². The molecule has 2 unspecified atom stereocenters. The third-order valence-electron chi connectivity index (χ3n) is 5.45. The summed E-state index contributed by atoms with van der Waals surface area (Å²) in [5.74, 6) is -0.392. The standard InChI is InChI=1S/C25H31NO5/c1-2-3-4-8-16-26(17-15-19-9-6-5-7-10-19)22(27)18-30-21-13-11-20(12-14-21)23-24(31-23)25(28)29/h5-7,9-14,23-24H,2-4,8,15-18H2,1H3,(H,28,29). The molecule has 166 valence electrons. The molecule has 1 amide bonds. The predicted molar refractivity (Wildman–Crippen MR) is 118 cm³/mol. The smallest absolute Gasteiger partial charge is 0.335 e. The first-order valence-electron chi connectivity index (χ1n) is 11.0. The van der Waals surface area contributed by atoms with Crippen molar-refractivity contribution < 1.29 is 24.2 Å². The number of amides is 1. The highest BCUT2D eigenvalue weighted by Crippen LogP contribution is 2.39. The van der Waals surface area contributed by atoms with Crippen LogP contribution in [-0.2, 0) is 20.7 Å². The van der Waals surface area contributed by atoms with E-state index in [1.807, 2.05) is 23.1 Å². The number of nitrogens with zero attached hydrogens (tertiary/aromatic N) is 1. The number of hydrogen-bond donors (Lipinski definition) is 1. The summed E-state index contributed by atoms with van der Waals surface area (Å²) in [6.45, 7) is 3.57. The highest BCUT2D eigenvalue weighted by molar-refractivity contribution is 5.78. The molecule has 0 aromatic heterocycles. The molecule has 0 spiro atoms. The van der Waals surface area contributed by atoms with E-state index in [4.69, 9.17) is 14.6 Å². The molecule has 3 rings (SSSR count). The predicted octanol–water partition coefficient (Wildman–Crippen LogP) is 4.24. The van der Waals surface area contributed by atoms with Crippen LogP contribution in [-0.4, -0.2) is 47.7 Å². The van der Waals surface area contributed by atoms with Crippen LogP contribution in [0.5, 0.6) is 5.75 Å². The van der Waals surface area contributed by atoms with Crippen molar-refractivity contribution in [3.63, 3.8) is 0 Å². The maximum atomic E-state index is 12.8. The molecule has 1 N–H and O–H groups in total. The third-order valence-corrected chi connectivity index (χ3v) is 5.45. The molecule has 1 saturated heterocycles.